The van der Waals surface area contributed by atoms with Gasteiger partial charge in [0.25, 0.3) is 0 Å². The number of aromatic nitrogens is 2. The van der Waals surface area contributed by atoms with E-state index in [4.69, 9.17) is 11.6 Å². The molecule has 0 fully saturated rings. The summed E-state index contributed by atoms with van der Waals surface area (Å²) in [4.78, 5) is 31.3. The number of halogens is 1. The van der Waals surface area contributed by atoms with Crippen LogP contribution in [0.1, 0.15) is 22.3 Å². The number of thiazole rings is 1. The van der Waals surface area contributed by atoms with Gasteiger partial charge in [-0.3, -0.25) is 14.0 Å². The smallest absolute Gasteiger partial charge is 0.218 e. The molecule has 33 heavy (non-hydrogen) atoms. The van der Waals surface area contributed by atoms with E-state index in [-0.39, 0.29) is 21.4 Å². The molecule has 7 nitrogen and oxygen atoms in total. The number of para-hydroxylation sites is 2. The Morgan fingerprint density at radius 1 is 1.12 bits per heavy atom. The van der Waals surface area contributed by atoms with E-state index >= 15 is 0 Å². The summed E-state index contributed by atoms with van der Waals surface area (Å²) in [5.74, 6) is -0.688. The van der Waals surface area contributed by atoms with Gasteiger partial charge in [-0.2, -0.15) is 10.4 Å². The molecule has 0 atom stereocenters. The molecule has 162 valence electrons. The van der Waals surface area contributed by atoms with Gasteiger partial charge in [-0.15, -0.1) is 0 Å². The van der Waals surface area contributed by atoms with Gasteiger partial charge in [0.1, 0.15) is 16.7 Å². The number of anilines is 1. The first-order valence-corrected chi connectivity index (χ1v) is 11.8. The number of carbonyl (C=O) groups is 2. The fraction of sp³-hybridized carbons (Fsp3) is 0.0870. The Morgan fingerprint density at radius 3 is 2.55 bits per heavy atom. The minimum Gasteiger partial charge on any atom is -0.292 e. The number of nitrogens with zero attached hydrogens (tertiary/aromatic N) is 5. The highest BCUT2D eigenvalue weighted by Gasteiger charge is 2.33. The van der Waals surface area contributed by atoms with Crippen molar-refractivity contribution in [3.63, 3.8) is 0 Å². The van der Waals surface area contributed by atoms with Crippen molar-refractivity contribution in [2.24, 2.45) is 5.10 Å². The van der Waals surface area contributed by atoms with Crippen molar-refractivity contribution in [2.75, 3.05) is 5.01 Å². The first-order valence-electron chi connectivity index (χ1n) is 9.77. The molecule has 0 bridgehead atoms. The summed E-state index contributed by atoms with van der Waals surface area (Å²) in [5, 5.41) is 16.8. The molecule has 0 spiro atoms. The maximum absolute atomic E-state index is 13.6. The van der Waals surface area contributed by atoms with E-state index in [1.165, 1.54) is 23.3 Å². The summed E-state index contributed by atoms with van der Waals surface area (Å²) in [6, 6.07) is 16.5. The Balaban J connectivity index is 1.65. The molecule has 0 radical (unpaired) electrons. The van der Waals surface area contributed by atoms with Gasteiger partial charge >= 0.3 is 0 Å². The molecule has 0 N–H and O–H groups in total. The van der Waals surface area contributed by atoms with Gasteiger partial charge in [-0.25, -0.2) is 9.99 Å². The molecule has 0 saturated heterocycles. The Labute approximate surface area is 201 Å². The first-order chi connectivity index (χ1) is 15.9. The Bertz CT molecular complexity index is 1570. The maximum Gasteiger partial charge on any atom is 0.218 e. The van der Waals surface area contributed by atoms with Gasteiger partial charge in [-0.1, -0.05) is 35.1 Å². The fourth-order valence-corrected chi connectivity index (χ4v) is 5.67. The molecule has 2 aromatic heterocycles. The number of allylic oxidation sites excluding steroid dienone is 1. The molecule has 3 heterocycles. The number of nitriles is 1. The molecule has 10 heteroatoms. The first kappa shape index (κ1) is 21.4. The number of ketones is 2. The predicted octanol–water partition coefficient (Wildman–Crippen LogP) is 5.58. The van der Waals surface area contributed by atoms with Gasteiger partial charge in [0.2, 0.25) is 5.78 Å². The van der Waals surface area contributed by atoms with E-state index in [9.17, 15) is 14.9 Å². The number of hydrazone groups is 1. The molecular formula is C23H14ClN5O2S2. The van der Waals surface area contributed by atoms with E-state index in [0.717, 1.165) is 22.8 Å². The average Bonchev–Trinajstić information content (AvgIpc) is 3.48. The molecule has 5 rings (SSSR count). The largest absolute Gasteiger partial charge is 0.292 e. The summed E-state index contributed by atoms with van der Waals surface area (Å²) >= 11 is 8.25. The minimum atomic E-state index is -0.434. The number of rotatable bonds is 4. The number of carbonyl (C=O) groups excluding carboxylic acids is 2. The second kappa shape index (κ2) is 8.15. The van der Waals surface area contributed by atoms with Crippen LogP contribution in [-0.2, 0) is 4.79 Å². The highest BCUT2D eigenvalue weighted by Crippen LogP contribution is 2.39. The van der Waals surface area contributed by atoms with Crippen LogP contribution in [0, 0.1) is 18.3 Å². The van der Waals surface area contributed by atoms with Crippen molar-refractivity contribution in [3.8, 4) is 6.07 Å². The molecule has 1 aliphatic heterocycles. The monoisotopic (exact) mass is 491 g/mol. The van der Waals surface area contributed by atoms with Crippen LogP contribution < -0.4 is 5.01 Å². The Hall–Kier alpha value is -3.45. The number of fused-ring (bicyclic) bond motifs is 3. The van der Waals surface area contributed by atoms with Crippen molar-refractivity contribution >= 4 is 73.0 Å². The van der Waals surface area contributed by atoms with Crippen LogP contribution in [0.4, 0.5) is 5.69 Å². The normalized spacial score (nSPS) is 15.1. The van der Waals surface area contributed by atoms with Crippen LogP contribution in [0.3, 0.4) is 0 Å². The highest BCUT2D eigenvalue weighted by molar-refractivity contribution is 8.19. The Kier molecular flexibility index (Phi) is 5.29. The zero-order valence-corrected chi connectivity index (χ0v) is 19.8. The van der Waals surface area contributed by atoms with E-state index in [0.29, 0.717) is 26.2 Å². The molecular weight excluding hydrogens is 478 g/mol. The van der Waals surface area contributed by atoms with Crippen molar-refractivity contribution in [2.45, 2.75) is 13.8 Å². The lowest BCUT2D eigenvalue weighted by Crippen LogP contribution is -2.15. The number of imidazole rings is 1. The fourth-order valence-electron chi connectivity index (χ4n) is 3.53. The zero-order valence-electron chi connectivity index (χ0n) is 17.4. The van der Waals surface area contributed by atoms with Gasteiger partial charge in [0.15, 0.2) is 15.8 Å². The molecule has 2 aromatic carbocycles. The minimum absolute atomic E-state index is 0.0909. The van der Waals surface area contributed by atoms with Gasteiger partial charge in [-0.05, 0) is 55.1 Å². The number of hydrogen-bond donors (Lipinski definition) is 0. The molecule has 0 saturated carbocycles. The van der Waals surface area contributed by atoms with Gasteiger partial charge in [0, 0.05) is 17.6 Å². The van der Waals surface area contributed by atoms with Crippen LogP contribution in [0.2, 0.25) is 5.02 Å². The van der Waals surface area contributed by atoms with E-state index in [1.807, 2.05) is 41.7 Å². The standard InChI is InChI=1S/C23H14ClN5O2S2/c1-12-20(32-23-26-17-5-3-4-6-18(17)28(12)23)19(31)16(11-25)22-29(27-21(33-22)13(2)30)15-9-7-14(24)8-10-15/h3-10H,1-2H3. The number of hydrogen-bond acceptors (Lipinski definition) is 8. The summed E-state index contributed by atoms with van der Waals surface area (Å²) < 4.78 is 1.92. The molecule has 0 amide bonds. The third kappa shape index (κ3) is 3.53. The summed E-state index contributed by atoms with van der Waals surface area (Å²) in [5.41, 5.74) is 2.93. The van der Waals surface area contributed by atoms with Crippen molar-refractivity contribution in [1.29, 1.82) is 5.26 Å². The summed E-state index contributed by atoms with van der Waals surface area (Å²) in [6.07, 6.45) is 0. The molecule has 0 aliphatic carbocycles. The SMILES string of the molecule is CC(=O)C1=NN(c2ccc(Cl)cc2)C(=C(C#N)C(=O)c2sc3nc4ccccc4n3c2C)S1. The number of aryl methyl sites for hydroxylation is 1. The number of Topliss-reactive ketones (excluding diaryl/α,β-unsaturated/α-hetero) is 2. The Morgan fingerprint density at radius 2 is 1.85 bits per heavy atom. The molecule has 0 unspecified atom stereocenters. The highest BCUT2D eigenvalue weighted by atomic mass is 35.5. The quantitative estimate of drug-likeness (QED) is 0.210. The average molecular weight is 492 g/mol. The lowest BCUT2D eigenvalue weighted by atomic mass is 10.1. The molecule has 1 aliphatic rings. The van der Waals surface area contributed by atoms with Crippen LogP contribution in [0.5, 0.6) is 0 Å². The lowest BCUT2D eigenvalue weighted by Gasteiger charge is -2.16. The predicted molar refractivity (Wildman–Crippen MR) is 132 cm³/mol. The van der Waals surface area contributed by atoms with E-state index in [2.05, 4.69) is 10.1 Å². The summed E-state index contributed by atoms with van der Waals surface area (Å²) in [7, 11) is 0. The van der Waals surface area contributed by atoms with Crippen molar-refractivity contribution in [3.05, 3.63) is 74.7 Å². The van der Waals surface area contributed by atoms with Gasteiger partial charge < -0.3 is 0 Å². The van der Waals surface area contributed by atoms with Crippen molar-refractivity contribution < 1.29 is 9.59 Å². The maximum atomic E-state index is 13.6. The van der Waals surface area contributed by atoms with Crippen LogP contribution >= 0.6 is 34.7 Å². The second-order valence-electron chi connectivity index (χ2n) is 7.21. The topological polar surface area (TPSA) is 90.8 Å². The number of benzene rings is 2. The van der Waals surface area contributed by atoms with E-state index < -0.39 is 5.78 Å². The zero-order chi connectivity index (χ0) is 23.3. The third-order valence-corrected chi connectivity index (χ3v) is 7.62. The lowest BCUT2D eigenvalue weighted by molar-refractivity contribution is -0.110. The van der Waals surface area contributed by atoms with Crippen LogP contribution in [0.15, 0.2) is 64.2 Å². The van der Waals surface area contributed by atoms with Crippen molar-refractivity contribution in [1.82, 2.24) is 9.38 Å². The van der Waals surface area contributed by atoms with Gasteiger partial charge in [0.05, 0.1) is 21.6 Å². The van der Waals surface area contributed by atoms with Crippen LogP contribution in [0.25, 0.3) is 16.0 Å². The van der Waals surface area contributed by atoms with Crippen LogP contribution in [-0.4, -0.2) is 26.0 Å². The second-order valence-corrected chi connectivity index (χ2v) is 9.60. The number of thioether (sulfide) groups is 1. The third-order valence-electron chi connectivity index (χ3n) is 5.10. The molecule has 4 aromatic rings. The van der Waals surface area contributed by atoms with E-state index in [1.54, 1.807) is 24.3 Å². The summed E-state index contributed by atoms with van der Waals surface area (Å²) in [6.45, 7) is 3.23.